The van der Waals surface area contributed by atoms with Gasteiger partial charge in [0.15, 0.2) is 12.1 Å². The zero-order chi connectivity index (χ0) is 42.1. The molecule has 0 fully saturated rings. The smallest absolute Gasteiger partial charge is 0.331 e. The van der Waals surface area contributed by atoms with Gasteiger partial charge in [0, 0.05) is 35.9 Å². The molecule has 0 aliphatic carbocycles. The molecule has 4 aliphatic rings. The van der Waals surface area contributed by atoms with Crippen molar-refractivity contribution in [2.75, 3.05) is 27.4 Å². The minimum atomic E-state index is -1.26. The summed E-state index contributed by atoms with van der Waals surface area (Å²) in [6.07, 6.45) is 11.6. The molecule has 2 atom stereocenters. The average Bonchev–Trinajstić information content (AvgIpc) is 4.02. The Balaban J connectivity index is 1.64. The van der Waals surface area contributed by atoms with Crippen molar-refractivity contribution in [3.05, 3.63) is 108 Å². The molecule has 59 heavy (non-hydrogen) atoms. The van der Waals surface area contributed by atoms with Crippen LogP contribution in [0.3, 0.4) is 0 Å². The second-order valence-corrected chi connectivity index (χ2v) is 15.0. The summed E-state index contributed by atoms with van der Waals surface area (Å²) in [4.78, 5) is 66.7. The molecule has 7 heterocycles. The zero-order valence-electron chi connectivity index (χ0n) is 35.0. The van der Waals surface area contributed by atoms with Crippen LogP contribution in [-0.2, 0) is 44.5 Å². The Morgan fingerprint density at radius 3 is 1.97 bits per heavy atom. The number of esters is 4. The predicted molar refractivity (Wildman–Crippen MR) is 224 cm³/mol. The normalized spacial score (nSPS) is 17.8. The van der Waals surface area contributed by atoms with Gasteiger partial charge in [0.25, 0.3) is 0 Å². The fraction of sp³-hybridized carbons (Fsp3) is 0.391. The summed E-state index contributed by atoms with van der Waals surface area (Å²) in [5.74, 6) is -1.98. The summed E-state index contributed by atoms with van der Waals surface area (Å²) in [5, 5.41) is 2.80. The lowest BCUT2D eigenvalue weighted by Crippen LogP contribution is -2.41. The van der Waals surface area contributed by atoms with Gasteiger partial charge in [-0.1, -0.05) is 13.8 Å². The van der Waals surface area contributed by atoms with E-state index in [4.69, 9.17) is 28.9 Å². The molecule has 0 radical (unpaired) electrons. The Morgan fingerprint density at radius 2 is 1.32 bits per heavy atom. The minimum Gasteiger partial charge on any atom is -0.467 e. The van der Waals surface area contributed by atoms with Crippen LogP contribution in [0.2, 0.25) is 0 Å². The summed E-state index contributed by atoms with van der Waals surface area (Å²) in [6.45, 7) is 11.5. The maximum Gasteiger partial charge on any atom is 0.331 e. The van der Waals surface area contributed by atoms with E-state index in [-0.39, 0.29) is 25.2 Å². The van der Waals surface area contributed by atoms with Gasteiger partial charge in [0.05, 0.1) is 60.9 Å². The highest BCUT2D eigenvalue weighted by atomic mass is 16.5. The van der Waals surface area contributed by atoms with Crippen molar-refractivity contribution in [1.82, 2.24) is 14.1 Å². The lowest BCUT2D eigenvalue weighted by atomic mass is 9.96. The molecule has 0 saturated carbocycles. The maximum absolute atomic E-state index is 14.7. The Kier molecular flexibility index (Phi) is 11.7. The van der Waals surface area contributed by atoms with Crippen molar-refractivity contribution in [2.45, 2.75) is 92.2 Å². The standard InChI is InChI=1S/C46H51N5O8/c1-9-31-32(10-2)39-24-42-34(14-12-20-59-28(6)53)26(4)41-21-29-15-17-35(47-29)40-18-16-30(50(40)43(45(54)56-7)44(51(41)42)46(55)57-8)22-36-25(3)33(13-11-19-58-27(5)52)38(48-36)23-37(31)49-39/h15-18,21-24,43-44,47H,9-14,19-20H2,1-8H3. The van der Waals surface area contributed by atoms with Crippen molar-refractivity contribution in [3.8, 4) is 0 Å². The number of fused-ring (bicyclic) bond motifs is 5. The Bertz CT molecular complexity index is 2690. The summed E-state index contributed by atoms with van der Waals surface area (Å²) in [6, 6.07) is 5.25. The Morgan fingerprint density at radius 1 is 0.695 bits per heavy atom. The van der Waals surface area contributed by atoms with E-state index in [1.165, 1.54) is 28.1 Å². The zero-order valence-corrected chi connectivity index (χ0v) is 35.0. The topological polar surface area (TPSA) is 156 Å². The van der Waals surface area contributed by atoms with E-state index in [9.17, 15) is 19.2 Å². The Labute approximate surface area is 342 Å². The van der Waals surface area contributed by atoms with Gasteiger partial charge < -0.3 is 33.1 Å². The van der Waals surface area contributed by atoms with Gasteiger partial charge in [-0.25, -0.2) is 19.6 Å². The third-order valence-electron chi connectivity index (χ3n) is 11.5. The van der Waals surface area contributed by atoms with Crippen molar-refractivity contribution < 1.29 is 38.1 Å². The molecule has 4 aliphatic heterocycles. The number of carbonyl (C=O) groups is 4. The Hall–Kier alpha value is -6.24. The summed E-state index contributed by atoms with van der Waals surface area (Å²) in [7, 11) is 2.65. The van der Waals surface area contributed by atoms with Gasteiger partial charge in [-0.05, 0) is 134 Å². The maximum atomic E-state index is 14.7. The number of H-pyrrole nitrogens is 1. The third kappa shape index (κ3) is 7.61. The van der Waals surface area contributed by atoms with E-state index in [1.807, 2.05) is 65.5 Å². The van der Waals surface area contributed by atoms with Crippen LogP contribution in [-0.4, -0.2) is 76.9 Å². The molecule has 0 spiro atoms. The first-order valence-corrected chi connectivity index (χ1v) is 20.2. The van der Waals surface area contributed by atoms with Gasteiger partial charge in [-0.3, -0.25) is 9.59 Å². The van der Waals surface area contributed by atoms with E-state index in [0.29, 0.717) is 66.3 Å². The number of hydrogen-bond acceptors (Lipinski definition) is 10. The number of carbonyl (C=O) groups excluding carboxylic acids is 4. The van der Waals surface area contributed by atoms with Crippen LogP contribution in [0.25, 0.3) is 18.2 Å². The molecular formula is C46H51N5O8. The molecule has 0 aromatic carbocycles. The number of methoxy groups -OCH3 is 2. The summed E-state index contributed by atoms with van der Waals surface area (Å²) < 4.78 is 25.7. The fourth-order valence-electron chi connectivity index (χ4n) is 8.78. The summed E-state index contributed by atoms with van der Waals surface area (Å²) in [5.41, 5.74) is 10.3. The first kappa shape index (κ1) is 40.9. The second kappa shape index (κ2) is 16.9. The number of nitrogens with one attached hydrogen (secondary N) is 1. The number of allylic oxidation sites excluding steroid dienone is 5. The molecule has 13 heteroatoms. The van der Waals surface area contributed by atoms with Gasteiger partial charge in [0.1, 0.15) is 0 Å². The lowest BCUT2D eigenvalue weighted by Gasteiger charge is -2.29. The van der Waals surface area contributed by atoms with E-state index >= 15 is 0 Å². The third-order valence-corrected chi connectivity index (χ3v) is 11.5. The molecule has 3 aromatic rings. The van der Waals surface area contributed by atoms with Crippen LogP contribution < -0.4 is 10.7 Å². The molecule has 8 bridgehead atoms. The largest absolute Gasteiger partial charge is 0.467 e. The van der Waals surface area contributed by atoms with Crippen molar-refractivity contribution in [2.24, 2.45) is 9.98 Å². The SMILES string of the molecule is CCC1=C(CC)C2=NC1=Cc1c(CCCOC(C)=O)c(C)c3n1C(C(=O)OC)C(C(=O)OC)n1c(ccc1=c1ccc([nH]1)=C3)=CC1=NC(=C2)C(CCCOC(C)=O)=C1C. The van der Waals surface area contributed by atoms with Crippen LogP contribution >= 0.6 is 0 Å². The van der Waals surface area contributed by atoms with E-state index in [1.54, 1.807) is 0 Å². The molecule has 0 amide bonds. The van der Waals surface area contributed by atoms with Crippen molar-refractivity contribution >= 4 is 53.5 Å². The van der Waals surface area contributed by atoms with E-state index in [0.717, 1.165) is 61.2 Å². The lowest BCUT2D eigenvalue weighted by molar-refractivity contribution is -0.155. The highest BCUT2D eigenvalue weighted by molar-refractivity contribution is 6.24. The molecule has 13 nitrogen and oxygen atoms in total. The van der Waals surface area contributed by atoms with Gasteiger partial charge >= 0.3 is 23.9 Å². The quantitative estimate of drug-likeness (QED) is 0.139. The average molecular weight is 802 g/mol. The van der Waals surface area contributed by atoms with E-state index < -0.39 is 24.0 Å². The molecule has 0 saturated heterocycles. The fourth-order valence-corrected chi connectivity index (χ4v) is 8.78. The van der Waals surface area contributed by atoms with Crippen LogP contribution in [0.5, 0.6) is 0 Å². The first-order valence-electron chi connectivity index (χ1n) is 20.2. The molecule has 3 aromatic heterocycles. The minimum absolute atomic E-state index is 0.209. The predicted octanol–water partition coefficient (Wildman–Crippen LogP) is 5.68. The molecule has 2 unspecified atom stereocenters. The van der Waals surface area contributed by atoms with E-state index in [2.05, 4.69) is 24.9 Å². The van der Waals surface area contributed by atoms with Crippen LogP contribution in [0.4, 0.5) is 0 Å². The van der Waals surface area contributed by atoms with Crippen LogP contribution in [0, 0.1) is 17.6 Å². The number of rotatable bonds is 12. The van der Waals surface area contributed by atoms with Gasteiger partial charge in [-0.2, -0.15) is 0 Å². The highest BCUT2D eigenvalue weighted by Crippen LogP contribution is 2.40. The molecule has 308 valence electrons. The number of aromatic nitrogens is 3. The van der Waals surface area contributed by atoms with Crippen LogP contribution in [0.15, 0.2) is 74.0 Å². The van der Waals surface area contributed by atoms with Crippen molar-refractivity contribution in [3.63, 3.8) is 0 Å². The number of nitrogens with zero attached hydrogens (tertiary/aromatic N) is 4. The molecule has 7 rings (SSSR count). The first-order chi connectivity index (χ1) is 28.4. The number of aliphatic imine (C=N–C) groups is 2. The van der Waals surface area contributed by atoms with Gasteiger partial charge in [0.2, 0.25) is 0 Å². The van der Waals surface area contributed by atoms with Crippen molar-refractivity contribution in [1.29, 1.82) is 0 Å². The second-order valence-electron chi connectivity index (χ2n) is 15.0. The molecular weight excluding hydrogens is 751 g/mol. The monoisotopic (exact) mass is 801 g/mol. The summed E-state index contributed by atoms with van der Waals surface area (Å²) >= 11 is 0. The number of ether oxygens (including phenoxy) is 4. The van der Waals surface area contributed by atoms with Crippen LogP contribution in [0.1, 0.15) is 101 Å². The highest BCUT2D eigenvalue weighted by Gasteiger charge is 2.42. The van der Waals surface area contributed by atoms with Gasteiger partial charge in [-0.15, -0.1) is 0 Å². The number of aromatic amines is 1. The number of hydrogen-bond donors (Lipinski definition) is 1. The molecule has 1 N–H and O–H groups in total.